The van der Waals surface area contributed by atoms with E-state index >= 15 is 0 Å². The van der Waals surface area contributed by atoms with Crippen LogP contribution in [0.4, 0.5) is 5.69 Å². The summed E-state index contributed by atoms with van der Waals surface area (Å²) in [6.07, 6.45) is 2.48. The Morgan fingerprint density at radius 2 is 1.80 bits per heavy atom. The van der Waals surface area contributed by atoms with Gasteiger partial charge in [-0.05, 0) is 62.1 Å². The third-order valence-corrected chi connectivity index (χ3v) is 8.64. The van der Waals surface area contributed by atoms with Gasteiger partial charge in [0.05, 0.1) is 0 Å². The molecule has 3 heterocycles. The molecule has 9 heteroatoms. The number of carbonyl (C=O) groups is 1. The first kappa shape index (κ1) is 21.3. The minimum atomic E-state index is -3.58. The van der Waals surface area contributed by atoms with Gasteiger partial charge in [0, 0.05) is 50.0 Å². The number of hydrogen-bond acceptors (Lipinski definition) is 6. The van der Waals surface area contributed by atoms with Crippen LogP contribution in [-0.2, 0) is 10.0 Å². The van der Waals surface area contributed by atoms with Crippen LogP contribution in [-0.4, -0.2) is 81.4 Å². The van der Waals surface area contributed by atoms with E-state index in [1.165, 1.54) is 30.7 Å². The predicted octanol–water partition coefficient (Wildman–Crippen LogP) is 2.40. The van der Waals surface area contributed by atoms with E-state index in [1.54, 1.807) is 41.8 Å². The van der Waals surface area contributed by atoms with Gasteiger partial charge in [-0.1, -0.05) is 6.07 Å². The van der Waals surface area contributed by atoms with Gasteiger partial charge in [-0.15, -0.1) is 11.3 Å². The van der Waals surface area contributed by atoms with Crippen LogP contribution in [0.1, 0.15) is 23.2 Å². The van der Waals surface area contributed by atoms with Gasteiger partial charge in [0.2, 0.25) is 0 Å². The Kier molecular flexibility index (Phi) is 6.43. The Hall–Kier alpha value is -1.94. The van der Waals surface area contributed by atoms with Crippen LogP contribution in [0, 0.1) is 0 Å². The lowest BCUT2D eigenvalue weighted by Crippen LogP contribution is -2.55. The minimum Gasteiger partial charge on any atom is -0.336 e. The maximum atomic E-state index is 12.9. The standard InChI is InChI=1S/C21H28N4O3S2/c1-23-10-2-4-19(16-23)24-11-13-25(14-12-24)21(26)17-6-8-18(9-7-17)22-30(27,28)20-5-3-15-29-20/h3,5-9,15,19,22H,2,4,10-14,16H2,1H3. The van der Waals surface area contributed by atoms with Gasteiger partial charge in [0.1, 0.15) is 4.21 Å². The highest BCUT2D eigenvalue weighted by molar-refractivity contribution is 7.94. The van der Waals surface area contributed by atoms with Crippen LogP contribution in [0.5, 0.6) is 0 Å². The van der Waals surface area contributed by atoms with E-state index in [0.29, 0.717) is 17.3 Å². The molecule has 1 N–H and O–H groups in total. The van der Waals surface area contributed by atoms with Crippen LogP contribution in [0.3, 0.4) is 0 Å². The molecule has 4 rings (SSSR count). The molecule has 2 fully saturated rings. The molecular weight excluding hydrogens is 420 g/mol. The molecule has 2 aliphatic rings. The fourth-order valence-corrected chi connectivity index (χ4v) is 6.26. The smallest absolute Gasteiger partial charge is 0.271 e. The molecule has 1 aromatic carbocycles. The van der Waals surface area contributed by atoms with Crippen molar-refractivity contribution in [2.45, 2.75) is 23.1 Å². The normalized spacial score (nSPS) is 21.5. The fourth-order valence-electron chi connectivity index (χ4n) is 4.21. The van der Waals surface area contributed by atoms with Crippen molar-refractivity contribution in [3.8, 4) is 0 Å². The number of carbonyl (C=O) groups excluding carboxylic acids is 1. The maximum Gasteiger partial charge on any atom is 0.271 e. The monoisotopic (exact) mass is 448 g/mol. The molecule has 162 valence electrons. The average molecular weight is 449 g/mol. The second-order valence-electron chi connectivity index (χ2n) is 8.00. The highest BCUT2D eigenvalue weighted by Crippen LogP contribution is 2.21. The lowest BCUT2D eigenvalue weighted by atomic mass is 10.0. The van der Waals surface area contributed by atoms with Gasteiger partial charge < -0.3 is 9.80 Å². The third-order valence-electron chi connectivity index (χ3n) is 5.86. The molecule has 2 aliphatic heterocycles. The molecule has 30 heavy (non-hydrogen) atoms. The summed E-state index contributed by atoms with van der Waals surface area (Å²) in [6, 6.07) is 10.5. The minimum absolute atomic E-state index is 0.00285. The van der Waals surface area contributed by atoms with Crippen LogP contribution in [0.15, 0.2) is 46.0 Å². The van der Waals surface area contributed by atoms with Gasteiger partial charge in [0.25, 0.3) is 15.9 Å². The summed E-state index contributed by atoms with van der Waals surface area (Å²) in [5.74, 6) is 0.00285. The van der Waals surface area contributed by atoms with Crippen molar-refractivity contribution in [3.05, 3.63) is 47.3 Å². The molecule has 0 spiro atoms. The van der Waals surface area contributed by atoms with E-state index in [-0.39, 0.29) is 10.1 Å². The topological polar surface area (TPSA) is 73.0 Å². The van der Waals surface area contributed by atoms with Crippen LogP contribution < -0.4 is 4.72 Å². The number of likely N-dealkylation sites (N-methyl/N-ethyl adjacent to an activating group) is 1. The highest BCUT2D eigenvalue weighted by atomic mass is 32.2. The molecule has 0 aliphatic carbocycles. The lowest BCUT2D eigenvalue weighted by Gasteiger charge is -2.42. The summed E-state index contributed by atoms with van der Waals surface area (Å²) in [4.78, 5) is 19.7. The second kappa shape index (κ2) is 9.05. The van der Waals surface area contributed by atoms with Gasteiger partial charge >= 0.3 is 0 Å². The maximum absolute atomic E-state index is 12.9. The largest absolute Gasteiger partial charge is 0.336 e. The number of sulfonamides is 1. The Labute approximate surface area is 182 Å². The van der Waals surface area contributed by atoms with E-state index in [2.05, 4.69) is 21.6 Å². The SMILES string of the molecule is CN1CCCC(N2CCN(C(=O)c3ccc(NS(=O)(=O)c4cccs4)cc3)CC2)C1. The van der Waals surface area contributed by atoms with Crippen molar-refractivity contribution in [2.75, 3.05) is 51.0 Å². The number of amides is 1. The summed E-state index contributed by atoms with van der Waals surface area (Å²) in [5.41, 5.74) is 1.03. The van der Waals surface area contributed by atoms with E-state index in [1.807, 2.05) is 4.90 Å². The van der Waals surface area contributed by atoms with Crippen molar-refractivity contribution in [3.63, 3.8) is 0 Å². The van der Waals surface area contributed by atoms with Crippen molar-refractivity contribution in [1.29, 1.82) is 0 Å². The number of piperazine rings is 1. The molecule has 1 amide bonds. The number of nitrogens with zero attached hydrogens (tertiary/aromatic N) is 3. The molecule has 1 aromatic heterocycles. The summed E-state index contributed by atoms with van der Waals surface area (Å²) in [7, 11) is -1.40. The molecule has 1 atom stereocenters. The number of benzene rings is 1. The molecule has 0 bridgehead atoms. The Morgan fingerprint density at radius 3 is 2.43 bits per heavy atom. The van der Waals surface area contributed by atoms with Crippen molar-refractivity contribution in [1.82, 2.24) is 14.7 Å². The average Bonchev–Trinajstić information content (AvgIpc) is 3.30. The Balaban J connectivity index is 1.33. The summed E-state index contributed by atoms with van der Waals surface area (Å²) >= 11 is 1.17. The number of piperidine rings is 1. The summed E-state index contributed by atoms with van der Waals surface area (Å²) in [5, 5.41) is 1.72. The number of anilines is 1. The van der Waals surface area contributed by atoms with E-state index in [0.717, 1.165) is 32.7 Å². The molecule has 2 aromatic rings. The van der Waals surface area contributed by atoms with Crippen molar-refractivity contribution >= 4 is 33.0 Å². The van der Waals surface area contributed by atoms with Gasteiger partial charge in [-0.2, -0.15) is 0 Å². The number of thiophene rings is 1. The molecule has 0 saturated carbocycles. The molecular formula is C21H28N4O3S2. The first-order chi connectivity index (χ1) is 14.4. The molecule has 0 radical (unpaired) electrons. The highest BCUT2D eigenvalue weighted by Gasteiger charge is 2.28. The van der Waals surface area contributed by atoms with E-state index < -0.39 is 10.0 Å². The van der Waals surface area contributed by atoms with Crippen LogP contribution >= 0.6 is 11.3 Å². The van der Waals surface area contributed by atoms with Gasteiger partial charge in [0.15, 0.2) is 0 Å². The Bertz CT molecular complexity index is 953. The summed E-state index contributed by atoms with van der Waals surface area (Å²) < 4.78 is 27.5. The lowest BCUT2D eigenvalue weighted by molar-refractivity contribution is 0.0452. The second-order valence-corrected chi connectivity index (χ2v) is 10.9. The quantitative estimate of drug-likeness (QED) is 0.761. The third kappa shape index (κ3) is 4.85. The number of hydrogen-bond donors (Lipinski definition) is 1. The fraction of sp³-hybridized carbons (Fsp3) is 0.476. The summed E-state index contributed by atoms with van der Waals surface area (Å²) in [6.45, 7) is 5.55. The van der Waals surface area contributed by atoms with Crippen LogP contribution in [0.25, 0.3) is 0 Å². The molecule has 7 nitrogen and oxygen atoms in total. The van der Waals surface area contributed by atoms with Gasteiger partial charge in [-0.3, -0.25) is 14.4 Å². The number of rotatable bonds is 5. The molecule has 2 saturated heterocycles. The van der Waals surface area contributed by atoms with Crippen LogP contribution in [0.2, 0.25) is 0 Å². The zero-order valence-electron chi connectivity index (χ0n) is 17.2. The predicted molar refractivity (Wildman–Crippen MR) is 120 cm³/mol. The zero-order valence-corrected chi connectivity index (χ0v) is 18.8. The Morgan fingerprint density at radius 1 is 1.07 bits per heavy atom. The molecule has 1 unspecified atom stereocenters. The zero-order chi connectivity index (χ0) is 21.1. The first-order valence-corrected chi connectivity index (χ1v) is 12.7. The van der Waals surface area contributed by atoms with E-state index in [4.69, 9.17) is 0 Å². The first-order valence-electron chi connectivity index (χ1n) is 10.3. The number of likely N-dealkylation sites (tertiary alicyclic amines) is 1. The van der Waals surface area contributed by atoms with Gasteiger partial charge in [-0.25, -0.2) is 8.42 Å². The van der Waals surface area contributed by atoms with Crippen molar-refractivity contribution < 1.29 is 13.2 Å². The van der Waals surface area contributed by atoms with Crippen molar-refractivity contribution in [2.24, 2.45) is 0 Å². The van der Waals surface area contributed by atoms with E-state index in [9.17, 15) is 13.2 Å². The number of nitrogens with one attached hydrogen (secondary N) is 1.